The van der Waals surface area contributed by atoms with Gasteiger partial charge in [-0.3, -0.25) is 4.90 Å². The molecule has 0 spiro atoms. The van der Waals surface area contributed by atoms with E-state index >= 15 is 0 Å². The number of hydrogen-bond acceptors (Lipinski definition) is 3. The van der Waals surface area contributed by atoms with Gasteiger partial charge >= 0.3 is 0 Å². The van der Waals surface area contributed by atoms with Crippen LogP contribution in [0.1, 0.15) is 12.8 Å². The first-order chi connectivity index (χ1) is 6.59. The molecular weight excluding hydrogens is 190 g/mol. The Balaban J connectivity index is 2.42. The summed E-state index contributed by atoms with van der Waals surface area (Å²) >= 11 is 0. The van der Waals surface area contributed by atoms with Gasteiger partial charge in [0, 0.05) is 13.2 Å². The fourth-order valence-corrected chi connectivity index (χ4v) is 1.85. The van der Waals surface area contributed by atoms with Crippen LogP contribution in [0.5, 0.6) is 0 Å². The Bertz CT molecular complexity index is 178. The Morgan fingerprint density at radius 1 is 1.57 bits per heavy atom. The molecule has 1 saturated heterocycles. The lowest BCUT2D eigenvalue weighted by atomic mass is 10.2. The van der Waals surface area contributed by atoms with Gasteiger partial charge in [0.25, 0.3) is 5.92 Å². The molecule has 1 heterocycles. The van der Waals surface area contributed by atoms with Crippen LogP contribution in [-0.4, -0.2) is 50.2 Å². The molecule has 5 heteroatoms. The molecule has 1 unspecified atom stereocenters. The minimum absolute atomic E-state index is 0.137. The quantitative estimate of drug-likeness (QED) is 0.722. The maximum atomic E-state index is 13.0. The van der Waals surface area contributed by atoms with Gasteiger partial charge in [-0.05, 0) is 19.4 Å². The van der Waals surface area contributed by atoms with Gasteiger partial charge in [0.1, 0.15) is 0 Å². The molecule has 84 valence electrons. The van der Waals surface area contributed by atoms with Crippen LogP contribution >= 0.6 is 0 Å². The number of rotatable bonds is 5. The normalized spacial score (nSPS) is 24.4. The van der Waals surface area contributed by atoms with Crippen LogP contribution in [0.15, 0.2) is 0 Å². The van der Waals surface area contributed by atoms with Gasteiger partial charge in [-0.1, -0.05) is 0 Å². The summed E-state index contributed by atoms with van der Waals surface area (Å²) in [7, 11) is 1.59. The van der Waals surface area contributed by atoms with Crippen LogP contribution < -0.4 is 5.73 Å². The van der Waals surface area contributed by atoms with Crippen molar-refractivity contribution in [3.05, 3.63) is 0 Å². The van der Waals surface area contributed by atoms with E-state index in [1.165, 1.54) is 0 Å². The van der Waals surface area contributed by atoms with Gasteiger partial charge in [-0.2, -0.15) is 0 Å². The topological polar surface area (TPSA) is 38.5 Å². The molecule has 14 heavy (non-hydrogen) atoms. The Kier molecular flexibility index (Phi) is 4.22. The summed E-state index contributed by atoms with van der Waals surface area (Å²) in [5.41, 5.74) is 5.00. The van der Waals surface area contributed by atoms with E-state index in [4.69, 9.17) is 10.5 Å². The number of hydrogen-bond donors (Lipinski definition) is 1. The van der Waals surface area contributed by atoms with Gasteiger partial charge in [0.2, 0.25) is 0 Å². The van der Waals surface area contributed by atoms with Crippen molar-refractivity contribution in [1.29, 1.82) is 0 Å². The fraction of sp³-hybridized carbons (Fsp3) is 1.00. The highest BCUT2D eigenvalue weighted by molar-refractivity contribution is 4.83. The number of ether oxygens (including phenoxy) is 1. The first kappa shape index (κ1) is 11.8. The highest BCUT2D eigenvalue weighted by Gasteiger charge is 2.34. The maximum absolute atomic E-state index is 13.0. The molecule has 0 saturated carbocycles. The van der Waals surface area contributed by atoms with Crippen LogP contribution in [0.4, 0.5) is 8.78 Å². The lowest BCUT2D eigenvalue weighted by Gasteiger charge is -2.27. The van der Waals surface area contributed by atoms with Crippen molar-refractivity contribution in [2.75, 3.05) is 33.4 Å². The molecule has 1 rings (SSSR count). The second-order valence-corrected chi connectivity index (χ2v) is 3.78. The van der Waals surface area contributed by atoms with Crippen molar-refractivity contribution >= 4 is 0 Å². The SMILES string of the molecule is COCC1CCCN1CC(F)(F)CN. The molecule has 0 aromatic heterocycles. The Morgan fingerprint density at radius 2 is 2.29 bits per heavy atom. The zero-order valence-electron chi connectivity index (χ0n) is 8.51. The molecule has 0 bridgehead atoms. The molecule has 0 aliphatic carbocycles. The molecule has 2 N–H and O–H groups in total. The third-order valence-corrected chi connectivity index (χ3v) is 2.59. The molecule has 3 nitrogen and oxygen atoms in total. The molecule has 1 aliphatic heterocycles. The summed E-state index contributed by atoms with van der Waals surface area (Å²) in [5, 5.41) is 0. The highest BCUT2D eigenvalue weighted by atomic mass is 19.3. The van der Waals surface area contributed by atoms with E-state index in [1.807, 2.05) is 0 Å². The van der Waals surface area contributed by atoms with E-state index in [9.17, 15) is 8.78 Å². The van der Waals surface area contributed by atoms with E-state index < -0.39 is 12.5 Å². The van der Waals surface area contributed by atoms with E-state index in [2.05, 4.69) is 0 Å². The van der Waals surface area contributed by atoms with Gasteiger partial charge in [-0.15, -0.1) is 0 Å². The van der Waals surface area contributed by atoms with Crippen molar-refractivity contribution < 1.29 is 13.5 Å². The smallest absolute Gasteiger partial charge is 0.272 e. The Hall–Kier alpha value is -0.260. The van der Waals surface area contributed by atoms with Crippen LogP contribution in [0.25, 0.3) is 0 Å². The van der Waals surface area contributed by atoms with E-state index in [0.717, 1.165) is 19.4 Å². The van der Waals surface area contributed by atoms with Crippen LogP contribution in [0.3, 0.4) is 0 Å². The molecule has 0 radical (unpaired) electrons. The lowest BCUT2D eigenvalue weighted by Crippen LogP contribution is -2.45. The number of alkyl halides is 2. The van der Waals surface area contributed by atoms with Crippen LogP contribution in [-0.2, 0) is 4.74 Å². The first-order valence-corrected chi connectivity index (χ1v) is 4.90. The summed E-state index contributed by atoms with van der Waals surface area (Å²) in [6, 6.07) is 0.137. The Labute approximate surface area is 83.2 Å². The van der Waals surface area contributed by atoms with Crippen molar-refractivity contribution in [3.8, 4) is 0 Å². The zero-order valence-corrected chi connectivity index (χ0v) is 8.51. The molecular formula is C9H18F2N2O. The Morgan fingerprint density at radius 3 is 2.86 bits per heavy atom. The summed E-state index contributed by atoms with van der Waals surface area (Å²) in [6.07, 6.45) is 1.91. The molecule has 0 amide bonds. The number of halogens is 2. The zero-order chi connectivity index (χ0) is 10.6. The molecule has 0 aromatic carbocycles. The second-order valence-electron chi connectivity index (χ2n) is 3.78. The predicted molar refractivity (Wildman–Crippen MR) is 50.5 cm³/mol. The summed E-state index contributed by atoms with van der Waals surface area (Å²) < 4.78 is 31.0. The number of methoxy groups -OCH3 is 1. The number of likely N-dealkylation sites (tertiary alicyclic amines) is 1. The van der Waals surface area contributed by atoms with E-state index in [1.54, 1.807) is 12.0 Å². The van der Waals surface area contributed by atoms with E-state index in [-0.39, 0.29) is 12.6 Å². The van der Waals surface area contributed by atoms with Crippen LogP contribution in [0.2, 0.25) is 0 Å². The standard InChI is InChI=1S/C9H18F2N2O/c1-14-5-8-3-2-4-13(8)7-9(10,11)6-12/h8H,2-7,12H2,1H3. The van der Waals surface area contributed by atoms with Gasteiger partial charge in [-0.25, -0.2) is 8.78 Å². The van der Waals surface area contributed by atoms with Crippen molar-refractivity contribution in [3.63, 3.8) is 0 Å². The fourth-order valence-electron chi connectivity index (χ4n) is 1.85. The summed E-state index contributed by atoms with van der Waals surface area (Å²) in [4.78, 5) is 1.77. The lowest BCUT2D eigenvalue weighted by molar-refractivity contribution is -0.0332. The van der Waals surface area contributed by atoms with Gasteiger partial charge in [0.05, 0.1) is 19.7 Å². The third kappa shape index (κ3) is 3.15. The first-order valence-electron chi connectivity index (χ1n) is 4.90. The minimum atomic E-state index is -2.77. The average molecular weight is 208 g/mol. The highest BCUT2D eigenvalue weighted by Crippen LogP contribution is 2.22. The van der Waals surface area contributed by atoms with E-state index in [0.29, 0.717) is 6.61 Å². The molecule has 0 aromatic rings. The third-order valence-electron chi connectivity index (χ3n) is 2.59. The summed E-state index contributed by atoms with van der Waals surface area (Å²) in [5.74, 6) is -2.77. The van der Waals surface area contributed by atoms with Gasteiger partial charge in [0.15, 0.2) is 0 Å². The number of nitrogens with zero attached hydrogens (tertiary/aromatic N) is 1. The van der Waals surface area contributed by atoms with Crippen LogP contribution in [0, 0.1) is 0 Å². The van der Waals surface area contributed by atoms with Gasteiger partial charge < -0.3 is 10.5 Å². The molecule has 1 fully saturated rings. The maximum Gasteiger partial charge on any atom is 0.272 e. The molecule has 1 atom stereocenters. The monoisotopic (exact) mass is 208 g/mol. The average Bonchev–Trinajstić information content (AvgIpc) is 2.53. The molecule has 1 aliphatic rings. The number of nitrogens with two attached hydrogens (primary N) is 1. The summed E-state index contributed by atoms with van der Waals surface area (Å²) in [6.45, 7) is 0.436. The minimum Gasteiger partial charge on any atom is -0.383 e. The predicted octanol–water partition coefficient (Wildman–Crippen LogP) is 0.691. The second kappa shape index (κ2) is 5.00. The largest absolute Gasteiger partial charge is 0.383 e. The van der Waals surface area contributed by atoms with Crippen molar-refractivity contribution in [2.24, 2.45) is 5.73 Å². The van der Waals surface area contributed by atoms with Crippen molar-refractivity contribution in [2.45, 2.75) is 24.8 Å². The van der Waals surface area contributed by atoms with Crippen molar-refractivity contribution in [1.82, 2.24) is 4.90 Å².